The lowest BCUT2D eigenvalue weighted by atomic mass is 9.76. The summed E-state index contributed by atoms with van der Waals surface area (Å²) in [6.07, 6.45) is 1.20. The van der Waals surface area contributed by atoms with Crippen molar-refractivity contribution < 1.29 is 22.7 Å². The first-order valence-electron chi connectivity index (χ1n) is 8.14. The first-order valence-corrected chi connectivity index (χ1v) is 8.14. The molecule has 8 heteroatoms. The number of hydrogen-bond donors (Lipinski definition) is 2. The van der Waals surface area contributed by atoms with Crippen LogP contribution in [0.5, 0.6) is 0 Å². The fraction of sp³-hybridized carbons (Fsp3) is 0.529. The molecular formula is C17H18F3N3O2. The lowest BCUT2D eigenvalue weighted by Gasteiger charge is -2.38. The second-order valence-corrected chi connectivity index (χ2v) is 7.29. The highest BCUT2D eigenvalue weighted by Gasteiger charge is 2.62. The predicted octanol–water partition coefficient (Wildman–Crippen LogP) is 2.76. The van der Waals surface area contributed by atoms with Crippen molar-refractivity contribution in [2.24, 2.45) is 22.1 Å². The van der Waals surface area contributed by atoms with Crippen molar-refractivity contribution in [2.45, 2.75) is 37.6 Å². The number of carbonyl (C=O) groups excluding carboxylic acids is 1. The molecule has 3 aliphatic rings. The number of anilines is 1. The SMILES string of the molecule is CC1(c2cc(NC(=O)C3CC3(F)F)ccc2F)N=C(N)OCC12CC2. The van der Waals surface area contributed by atoms with Crippen molar-refractivity contribution >= 4 is 17.6 Å². The third-order valence-corrected chi connectivity index (χ3v) is 5.62. The van der Waals surface area contributed by atoms with Gasteiger partial charge in [-0.05, 0) is 38.0 Å². The van der Waals surface area contributed by atoms with Gasteiger partial charge in [-0.25, -0.2) is 18.2 Å². The topological polar surface area (TPSA) is 76.7 Å². The Kier molecular flexibility index (Phi) is 3.18. The Balaban J connectivity index is 1.66. The summed E-state index contributed by atoms with van der Waals surface area (Å²) in [6.45, 7) is 2.14. The number of amidine groups is 1. The minimum atomic E-state index is -2.95. The minimum absolute atomic E-state index is 0.00788. The van der Waals surface area contributed by atoms with Crippen LogP contribution in [0, 0.1) is 17.2 Å². The quantitative estimate of drug-likeness (QED) is 0.877. The van der Waals surface area contributed by atoms with Gasteiger partial charge >= 0.3 is 0 Å². The van der Waals surface area contributed by atoms with Gasteiger partial charge in [0.2, 0.25) is 5.91 Å². The molecule has 0 aromatic heterocycles. The molecule has 2 atom stereocenters. The Labute approximate surface area is 142 Å². The fourth-order valence-electron chi connectivity index (χ4n) is 3.55. The van der Waals surface area contributed by atoms with E-state index in [0.717, 1.165) is 12.8 Å². The van der Waals surface area contributed by atoms with E-state index < -0.39 is 35.5 Å². The number of hydrogen-bond acceptors (Lipinski definition) is 4. The number of nitrogens with two attached hydrogens (primary N) is 1. The van der Waals surface area contributed by atoms with Gasteiger partial charge in [-0.3, -0.25) is 4.79 Å². The predicted molar refractivity (Wildman–Crippen MR) is 84.7 cm³/mol. The molecule has 1 amide bonds. The monoisotopic (exact) mass is 353 g/mol. The molecule has 1 spiro atoms. The average molecular weight is 353 g/mol. The molecule has 134 valence electrons. The van der Waals surface area contributed by atoms with Crippen LogP contribution in [0.3, 0.4) is 0 Å². The maximum Gasteiger partial charge on any atom is 0.282 e. The second-order valence-electron chi connectivity index (χ2n) is 7.29. The van der Waals surface area contributed by atoms with E-state index in [4.69, 9.17) is 10.5 Å². The van der Waals surface area contributed by atoms with E-state index in [1.165, 1.54) is 18.2 Å². The Bertz CT molecular complexity index is 791. The minimum Gasteiger partial charge on any atom is -0.465 e. The van der Waals surface area contributed by atoms with Crippen molar-refractivity contribution in [3.63, 3.8) is 0 Å². The standard InChI is InChI=1S/C17H18F3N3O2/c1-15(16(4-5-16)8-25-14(21)23-15)10-6-9(2-3-12(10)18)22-13(24)11-7-17(11,19)20/h2-3,6,11H,4-5,7-8H2,1H3,(H2,21,23)(H,22,24). The zero-order valence-corrected chi connectivity index (χ0v) is 13.6. The molecule has 25 heavy (non-hydrogen) atoms. The van der Waals surface area contributed by atoms with E-state index in [1.54, 1.807) is 6.92 Å². The van der Waals surface area contributed by atoms with Gasteiger partial charge in [-0.2, -0.15) is 0 Å². The molecule has 3 N–H and O–H groups in total. The smallest absolute Gasteiger partial charge is 0.282 e. The first-order chi connectivity index (χ1) is 11.7. The van der Waals surface area contributed by atoms with Gasteiger partial charge < -0.3 is 15.8 Å². The summed E-state index contributed by atoms with van der Waals surface area (Å²) in [5.41, 5.74) is 4.98. The van der Waals surface area contributed by atoms with Crippen LogP contribution in [-0.4, -0.2) is 24.5 Å². The average Bonchev–Trinajstić information content (AvgIpc) is 3.43. The number of nitrogens with one attached hydrogen (secondary N) is 1. The number of amides is 1. The van der Waals surface area contributed by atoms with E-state index in [-0.39, 0.29) is 22.7 Å². The summed E-state index contributed by atoms with van der Waals surface area (Å²) in [5, 5.41) is 2.45. The molecule has 5 nitrogen and oxygen atoms in total. The van der Waals surface area contributed by atoms with Gasteiger partial charge in [0.15, 0.2) is 0 Å². The van der Waals surface area contributed by atoms with Crippen LogP contribution < -0.4 is 11.1 Å². The molecule has 2 saturated carbocycles. The van der Waals surface area contributed by atoms with Crippen LogP contribution in [-0.2, 0) is 15.1 Å². The van der Waals surface area contributed by atoms with E-state index in [9.17, 15) is 18.0 Å². The van der Waals surface area contributed by atoms with Crippen molar-refractivity contribution in [1.29, 1.82) is 0 Å². The Morgan fingerprint density at radius 1 is 1.40 bits per heavy atom. The number of halogens is 3. The largest absolute Gasteiger partial charge is 0.465 e. The van der Waals surface area contributed by atoms with Gasteiger partial charge in [0.25, 0.3) is 11.9 Å². The lowest BCUT2D eigenvalue weighted by Crippen LogP contribution is -2.43. The second kappa shape index (κ2) is 4.89. The molecule has 0 bridgehead atoms. The molecular weight excluding hydrogens is 335 g/mol. The molecule has 0 saturated heterocycles. The van der Waals surface area contributed by atoms with Gasteiger partial charge in [0.05, 0.1) is 6.61 Å². The van der Waals surface area contributed by atoms with Crippen LogP contribution in [0.2, 0.25) is 0 Å². The van der Waals surface area contributed by atoms with Crippen molar-refractivity contribution in [1.82, 2.24) is 0 Å². The summed E-state index contributed by atoms with van der Waals surface area (Å²) in [6, 6.07) is 4.01. The Hall–Kier alpha value is -2.25. The van der Waals surface area contributed by atoms with Crippen LogP contribution in [0.15, 0.2) is 23.2 Å². The van der Waals surface area contributed by atoms with Crippen LogP contribution in [0.25, 0.3) is 0 Å². The summed E-state index contributed by atoms with van der Waals surface area (Å²) in [5.74, 6) is -5.51. The summed E-state index contributed by atoms with van der Waals surface area (Å²) in [4.78, 5) is 16.2. The normalized spacial score (nSPS) is 31.0. The third kappa shape index (κ3) is 2.46. The fourth-order valence-corrected chi connectivity index (χ4v) is 3.55. The molecule has 2 unspecified atom stereocenters. The van der Waals surface area contributed by atoms with E-state index in [2.05, 4.69) is 10.3 Å². The van der Waals surface area contributed by atoms with Crippen molar-refractivity contribution in [3.05, 3.63) is 29.6 Å². The Morgan fingerprint density at radius 2 is 2.08 bits per heavy atom. The summed E-state index contributed by atoms with van der Waals surface area (Å²) >= 11 is 0. The highest BCUT2D eigenvalue weighted by Crippen LogP contribution is 2.62. The molecule has 1 heterocycles. The Morgan fingerprint density at radius 3 is 2.68 bits per heavy atom. The zero-order chi connectivity index (χ0) is 18.0. The van der Waals surface area contributed by atoms with Crippen molar-refractivity contribution in [3.8, 4) is 0 Å². The molecule has 0 radical (unpaired) electrons. The molecule has 1 aromatic carbocycles. The lowest BCUT2D eigenvalue weighted by molar-refractivity contribution is -0.119. The number of nitrogens with zero attached hydrogens (tertiary/aromatic N) is 1. The van der Waals surface area contributed by atoms with E-state index in [1.807, 2.05) is 0 Å². The third-order valence-electron chi connectivity index (χ3n) is 5.62. The number of ether oxygens (including phenoxy) is 1. The van der Waals surface area contributed by atoms with Gasteiger partial charge in [-0.1, -0.05) is 0 Å². The highest BCUT2D eigenvalue weighted by molar-refractivity contribution is 5.95. The van der Waals surface area contributed by atoms with Gasteiger partial charge in [0.1, 0.15) is 17.3 Å². The first kappa shape index (κ1) is 16.2. The number of alkyl halides is 2. The molecule has 1 aliphatic heterocycles. The number of carbonyl (C=O) groups is 1. The molecule has 2 aliphatic carbocycles. The zero-order valence-electron chi connectivity index (χ0n) is 13.6. The number of benzene rings is 1. The molecule has 4 rings (SSSR count). The number of rotatable bonds is 3. The van der Waals surface area contributed by atoms with Gasteiger partial charge in [-0.15, -0.1) is 0 Å². The van der Waals surface area contributed by atoms with Gasteiger partial charge in [0, 0.05) is 23.1 Å². The van der Waals surface area contributed by atoms with Crippen LogP contribution in [0.1, 0.15) is 31.7 Å². The maximum atomic E-state index is 14.5. The number of aliphatic imine (C=N–C) groups is 1. The van der Waals surface area contributed by atoms with E-state index in [0.29, 0.717) is 6.61 Å². The summed E-state index contributed by atoms with van der Waals surface area (Å²) < 4.78 is 45.9. The highest BCUT2D eigenvalue weighted by atomic mass is 19.3. The molecule has 2 fully saturated rings. The van der Waals surface area contributed by atoms with Crippen molar-refractivity contribution in [2.75, 3.05) is 11.9 Å². The van der Waals surface area contributed by atoms with Crippen LogP contribution in [0.4, 0.5) is 18.9 Å². The summed E-state index contributed by atoms with van der Waals surface area (Å²) in [7, 11) is 0. The molecule has 1 aromatic rings. The van der Waals surface area contributed by atoms with E-state index >= 15 is 0 Å². The van der Waals surface area contributed by atoms with Crippen LogP contribution >= 0.6 is 0 Å². The maximum absolute atomic E-state index is 14.5.